The number of aromatic hydroxyl groups is 1. The number of halogens is 2. The SMILES string of the molecule is O=c1[nH]c(-c2cccc(F)c2)c(-c2cccc(F)c2)cc1O. The van der Waals surface area contributed by atoms with E-state index >= 15 is 0 Å². The zero-order chi connectivity index (χ0) is 15.7. The van der Waals surface area contributed by atoms with E-state index in [1.54, 1.807) is 12.1 Å². The molecular formula is C17H11F2NO2. The summed E-state index contributed by atoms with van der Waals surface area (Å²) in [5.41, 5.74) is 0.914. The Labute approximate surface area is 124 Å². The minimum Gasteiger partial charge on any atom is -0.503 e. The molecule has 3 aromatic rings. The molecule has 1 heterocycles. The fraction of sp³-hybridized carbons (Fsp3) is 0. The molecule has 0 atom stereocenters. The number of H-pyrrole nitrogens is 1. The van der Waals surface area contributed by atoms with Crippen molar-refractivity contribution < 1.29 is 13.9 Å². The first-order valence-electron chi connectivity index (χ1n) is 6.53. The van der Waals surface area contributed by atoms with Crippen LogP contribution in [0, 0.1) is 11.6 Å². The third-order valence-electron chi connectivity index (χ3n) is 3.27. The zero-order valence-corrected chi connectivity index (χ0v) is 11.3. The molecule has 0 aliphatic carbocycles. The molecule has 3 rings (SSSR count). The fourth-order valence-corrected chi connectivity index (χ4v) is 2.27. The Morgan fingerprint density at radius 3 is 2.09 bits per heavy atom. The molecule has 5 heteroatoms. The van der Waals surface area contributed by atoms with Crippen molar-refractivity contribution in [1.82, 2.24) is 4.98 Å². The Kier molecular flexibility index (Phi) is 3.47. The average molecular weight is 299 g/mol. The number of aromatic nitrogens is 1. The maximum absolute atomic E-state index is 13.4. The Balaban J connectivity index is 2.30. The molecule has 0 bridgehead atoms. The van der Waals surface area contributed by atoms with Crippen molar-refractivity contribution in [2.45, 2.75) is 0 Å². The van der Waals surface area contributed by atoms with Gasteiger partial charge in [-0.25, -0.2) is 8.78 Å². The molecule has 0 saturated heterocycles. The number of hydrogen-bond acceptors (Lipinski definition) is 2. The predicted octanol–water partition coefficient (Wildman–Crippen LogP) is 3.69. The van der Waals surface area contributed by atoms with E-state index in [0.717, 1.165) is 0 Å². The molecule has 0 fully saturated rings. The molecule has 1 aromatic heterocycles. The Bertz CT molecular complexity index is 903. The number of rotatable bonds is 2. The number of pyridine rings is 1. The molecule has 0 spiro atoms. The van der Waals surface area contributed by atoms with Crippen LogP contribution in [0.5, 0.6) is 5.75 Å². The number of aromatic amines is 1. The Morgan fingerprint density at radius 2 is 1.45 bits per heavy atom. The highest BCUT2D eigenvalue weighted by atomic mass is 19.1. The quantitative estimate of drug-likeness (QED) is 0.758. The van der Waals surface area contributed by atoms with Gasteiger partial charge >= 0.3 is 0 Å². The third-order valence-corrected chi connectivity index (χ3v) is 3.27. The summed E-state index contributed by atoms with van der Waals surface area (Å²) in [7, 11) is 0. The lowest BCUT2D eigenvalue weighted by Crippen LogP contribution is -2.07. The number of nitrogens with one attached hydrogen (secondary N) is 1. The molecule has 0 saturated carbocycles. The van der Waals surface area contributed by atoms with E-state index in [2.05, 4.69) is 4.98 Å². The first-order chi connectivity index (χ1) is 10.5. The van der Waals surface area contributed by atoms with Crippen molar-refractivity contribution >= 4 is 0 Å². The molecule has 3 nitrogen and oxygen atoms in total. The van der Waals surface area contributed by atoms with Gasteiger partial charge in [0.15, 0.2) is 5.75 Å². The van der Waals surface area contributed by atoms with Gasteiger partial charge in [0.05, 0.1) is 5.69 Å². The summed E-state index contributed by atoms with van der Waals surface area (Å²) < 4.78 is 26.9. The lowest BCUT2D eigenvalue weighted by molar-refractivity contribution is 0.467. The molecule has 0 unspecified atom stereocenters. The van der Waals surface area contributed by atoms with Crippen LogP contribution < -0.4 is 5.56 Å². The second-order valence-electron chi connectivity index (χ2n) is 4.79. The van der Waals surface area contributed by atoms with E-state index in [0.29, 0.717) is 22.4 Å². The Hall–Kier alpha value is -2.95. The van der Waals surface area contributed by atoms with Gasteiger partial charge < -0.3 is 10.1 Å². The van der Waals surface area contributed by atoms with Crippen LogP contribution in [0.4, 0.5) is 8.78 Å². The summed E-state index contributed by atoms with van der Waals surface area (Å²) in [6.45, 7) is 0. The smallest absolute Gasteiger partial charge is 0.290 e. The van der Waals surface area contributed by atoms with Crippen molar-refractivity contribution in [3.05, 3.63) is 76.6 Å². The molecule has 0 radical (unpaired) electrons. The van der Waals surface area contributed by atoms with Gasteiger partial charge in [-0.15, -0.1) is 0 Å². The van der Waals surface area contributed by atoms with Crippen molar-refractivity contribution in [2.75, 3.05) is 0 Å². The monoisotopic (exact) mass is 299 g/mol. The van der Waals surface area contributed by atoms with Crippen LogP contribution in [0.15, 0.2) is 59.4 Å². The van der Waals surface area contributed by atoms with Gasteiger partial charge in [0.25, 0.3) is 5.56 Å². The van der Waals surface area contributed by atoms with E-state index in [1.807, 2.05) is 0 Å². The van der Waals surface area contributed by atoms with E-state index in [4.69, 9.17) is 0 Å². The lowest BCUT2D eigenvalue weighted by atomic mass is 9.99. The molecule has 110 valence electrons. The number of hydrogen-bond donors (Lipinski definition) is 2. The molecule has 2 N–H and O–H groups in total. The first kappa shape index (κ1) is 14.0. The van der Waals surface area contributed by atoms with E-state index in [-0.39, 0.29) is 0 Å². The summed E-state index contributed by atoms with van der Waals surface area (Å²) in [5.74, 6) is -1.40. The Morgan fingerprint density at radius 1 is 0.864 bits per heavy atom. The van der Waals surface area contributed by atoms with Crippen molar-refractivity contribution in [3.8, 4) is 28.1 Å². The second kappa shape index (κ2) is 5.44. The van der Waals surface area contributed by atoms with Gasteiger partial charge in [-0.1, -0.05) is 24.3 Å². The van der Waals surface area contributed by atoms with Crippen molar-refractivity contribution in [1.29, 1.82) is 0 Å². The second-order valence-corrected chi connectivity index (χ2v) is 4.79. The average Bonchev–Trinajstić information content (AvgIpc) is 2.49. The van der Waals surface area contributed by atoms with Gasteiger partial charge in [0.1, 0.15) is 11.6 Å². The summed E-state index contributed by atoms with van der Waals surface area (Å²) in [5, 5.41) is 9.65. The third kappa shape index (κ3) is 2.61. The summed E-state index contributed by atoms with van der Waals surface area (Å²) in [6.07, 6.45) is 0. The minimum atomic E-state index is -0.695. The normalized spacial score (nSPS) is 10.6. The van der Waals surface area contributed by atoms with Crippen LogP contribution in [0.2, 0.25) is 0 Å². The molecule has 2 aromatic carbocycles. The van der Waals surface area contributed by atoms with Crippen LogP contribution in [0.1, 0.15) is 0 Å². The lowest BCUT2D eigenvalue weighted by Gasteiger charge is -2.11. The predicted molar refractivity (Wildman–Crippen MR) is 79.5 cm³/mol. The van der Waals surface area contributed by atoms with Crippen LogP contribution in [0.3, 0.4) is 0 Å². The molecular weight excluding hydrogens is 288 g/mol. The molecule has 0 aliphatic rings. The molecule has 0 amide bonds. The van der Waals surface area contributed by atoms with Crippen LogP contribution in [-0.4, -0.2) is 10.1 Å². The van der Waals surface area contributed by atoms with Crippen molar-refractivity contribution in [2.24, 2.45) is 0 Å². The first-order valence-corrected chi connectivity index (χ1v) is 6.53. The van der Waals surface area contributed by atoms with E-state index in [9.17, 15) is 18.7 Å². The highest BCUT2D eigenvalue weighted by molar-refractivity contribution is 5.81. The zero-order valence-electron chi connectivity index (χ0n) is 11.3. The van der Waals surface area contributed by atoms with Crippen LogP contribution >= 0.6 is 0 Å². The van der Waals surface area contributed by atoms with Crippen LogP contribution in [0.25, 0.3) is 22.4 Å². The number of benzene rings is 2. The highest BCUT2D eigenvalue weighted by Crippen LogP contribution is 2.31. The maximum Gasteiger partial charge on any atom is 0.290 e. The summed E-state index contributed by atoms with van der Waals surface area (Å²) in [4.78, 5) is 14.2. The summed E-state index contributed by atoms with van der Waals surface area (Å²) >= 11 is 0. The van der Waals surface area contributed by atoms with Gasteiger partial charge in [0.2, 0.25) is 0 Å². The molecule has 0 aliphatic heterocycles. The van der Waals surface area contributed by atoms with Gasteiger partial charge in [-0.2, -0.15) is 0 Å². The van der Waals surface area contributed by atoms with Gasteiger partial charge in [-0.3, -0.25) is 4.79 Å². The van der Waals surface area contributed by atoms with Gasteiger partial charge in [-0.05, 0) is 35.9 Å². The summed E-state index contributed by atoms with van der Waals surface area (Å²) in [6, 6.07) is 12.6. The maximum atomic E-state index is 13.4. The van der Waals surface area contributed by atoms with Crippen molar-refractivity contribution in [3.63, 3.8) is 0 Å². The standard InChI is InChI=1S/C17H11F2NO2/c18-12-5-1-3-10(7-12)14-9-15(21)17(22)20-16(14)11-4-2-6-13(19)8-11/h1-9,21H,(H,20,22). The van der Waals surface area contributed by atoms with E-state index < -0.39 is 22.9 Å². The van der Waals surface area contributed by atoms with E-state index in [1.165, 1.54) is 42.5 Å². The van der Waals surface area contributed by atoms with Gasteiger partial charge in [0, 0.05) is 11.1 Å². The topological polar surface area (TPSA) is 53.1 Å². The van der Waals surface area contributed by atoms with Crippen LogP contribution in [-0.2, 0) is 0 Å². The highest BCUT2D eigenvalue weighted by Gasteiger charge is 2.13. The fourth-order valence-electron chi connectivity index (χ4n) is 2.27. The largest absolute Gasteiger partial charge is 0.503 e. The minimum absolute atomic E-state index is 0.313. The molecule has 22 heavy (non-hydrogen) atoms.